The first-order valence-electron chi connectivity index (χ1n) is 6.60. The Bertz CT molecular complexity index is 591. The average molecular weight is 272 g/mol. The number of nitrogens with two attached hydrogens (primary N) is 1. The third kappa shape index (κ3) is 3.85. The Kier molecular flexibility index (Phi) is 4.40. The third-order valence-corrected chi connectivity index (χ3v) is 3.18. The van der Waals surface area contributed by atoms with E-state index in [4.69, 9.17) is 5.73 Å². The minimum absolute atomic E-state index is 0.122. The SMILES string of the molecule is CN(Cc1cnn(C)c1)C(=O)CCc1cccc(N)c1. The Morgan fingerprint density at radius 3 is 2.85 bits per heavy atom. The van der Waals surface area contributed by atoms with Crippen molar-refractivity contribution in [2.75, 3.05) is 12.8 Å². The Morgan fingerprint density at radius 1 is 1.40 bits per heavy atom. The van der Waals surface area contributed by atoms with E-state index in [1.165, 1.54) is 0 Å². The van der Waals surface area contributed by atoms with E-state index in [2.05, 4.69) is 5.10 Å². The molecule has 1 aromatic heterocycles. The van der Waals surface area contributed by atoms with E-state index in [9.17, 15) is 4.79 Å². The second-order valence-corrected chi connectivity index (χ2v) is 5.02. The highest BCUT2D eigenvalue weighted by atomic mass is 16.2. The number of aryl methyl sites for hydroxylation is 2. The summed E-state index contributed by atoms with van der Waals surface area (Å²) in [4.78, 5) is 13.8. The van der Waals surface area contributed by atoms with Crippen molar-refractivity contribution >= 4 is 11.6 Å². The lowest BCUT2D eigenvalue weighted by Crippen LogP contribution is -2.26. The van der Waals surface area contributed by atoms with E-state index in [0.717, 1.165) is 16.8 Å². The van der Waals surface area contributed by atoms with Crippen molar-refractivity contribution in [2.45, 2.75) is 19.4 Å². The number of hydrogen-bond donors (Lipinski definition) is 1. The Balaban J connectivity index is 1.85. The standard InChI is InChI=1S/C15H20N4O/c1-18(10-13-9-17-19(2)11-13)15(20)7-6-12-4-3-5-14(16)8-12/h3-5,8-9,11H,6-7,10,16H2,1-2H3. The fraction of sp³-hybridized carbons (Fsp3) is 0.333. The van der Waals surface area contributed by atoms with Crippen LogP contribution in [0, 0.1) is 0 Å². The van der Waals surface area contributed by atoms with Gasteiger partial charge in [-0.15, -0.1) is 0 Å². The Morgan fingerprint density at radius 2 is 2.20 bits per heavy atom. The average Bonchev–Trinajstić information content (AvgIpc) is 2.81. The highest BCUT2D eigenvalue weighted by molar-refractivity contribution is 5.76. The molecule has 2 aromatic rings. The van der Waals surface area contributed by atoms with Crippen LogP contribution in [0.5, 0.6) is 0 Å². The fourth-order valence-corrected chi connectivity index (χ4v) is 2.11. The molecule has 5 nitrogen and oxygen atoms in total. The summed E-state index contributed by atoms with van der Waals surface area (Å²) in [5.41, 5.74) is 8.58. The van der Waals surface area contributed by atoms with Gasteiger partial charge in [0, 0.05) is 44.5 Å². The lowest BCUT2D eigenvalue weighted by molar-refractivity contribution is -0.130. The van der Waals surface area contributed by atoms with Crippen molar-refractivity contribution < 1.29 is 4.79 Å². The maximum Gasteiger partial charge on any atom is 0.222 e. The van der Waals surface area contributed by atoms with Crippen molar-refractivity contribution in [1.82, 2.24) is 14.7 Å². The number of carbonyl (C=O) groups excluding carboxylic acids is 1. The summed E-state index contributed by atoms with van der Waals surface area (Å²) >= 11 is 0. The summed E-state index contributed by atoms with van der Waals surface area (Å²) < 4.78 is 1.74. The molecule has 1 heterocycles. The molecular weight excluding hydrogens is 252 g/mol. The predicted octanol–water partition coefficient (Wildman–Crippen LogP) is 1.59. The van der Waals surface area contributed by atoms with Crippen LogP contribution >= 0.6 is 0 Å². The lowest BCUT2D eigenvalue weighted by atomic mass is 10.1. The zero-order chi connectivity index (χ0) is 14.5. The second-order valence-electron chi connectivity index (χ2n) is 5.02. The van der Waals surface area contributed by atoms with Gasteiger partial charge in [0.2, 0.25) is 5.91 Å². The van der Waals surface area contributed by atoms with Crippen LogP contribution in [0.1, 0.15) is 17.5 Å². The first kappa shape index (κ1) is 14.1. The smallest absolute Gasteiger partial charge is 0.222 e. The molecule has 1 amide bonds. The van der Waals surface area contributed by atoms with Crippen LogP contribution in [-0.4, -0.2) is 27.6 Å². The van der Waals surface area contributed by atoms with Gasteiger partial charge in [-0.05, 0) is 24.1 Å². The first-order valence-corrected chi connectivity index (χ1v) is 6.60. The van der Waals surface area contributed by atoms with Gasteiger partial charge in [-0.25, -0.2) is 0 Å². The van der Waals surface area contributed by atoms with Crippen LogP contribution in [0.2, 0.25) is 0 Å². The summed E-state index contributed by atoms with van der Waals surface area (Å²) in [6.45, 7) is 0.587. The summed E-state index contributed by atoms with van der Waals surface area (Å²) in [6, 6.07) is 7.66. The van der Waals surface area contributed by atoms with E-state index >= 15 is 0 Å². The van der Waals surface area contributed by atoms with Crippen molar-refractivity contribution in [3.63, 3.8) is 0 Å². The minimum atomic E-state index is 0.122. The number of hydrogen-bond acceptors (Lipinski definition) is 3. The topological polar surface area (TPSA) is 64.2 Å². The van der Waals surface area contributed by atoms with Gasteiger partial charge >= 0.3 is 0 Å². The molecule has 0 unspecified atom stereocenters. The van der Waals surface area contributed by atoms with Crippen LogP contribution in [0.15, 0.2) is 36.7 Å². The molecule has 0 aliphatic heterocycles. The molecule has 0 bridgehead atoms. The van der Waals surface area contributed by atoms with Crippen LogP contribution in [0.4, 0.5) is 5.69 Å². The quantitative estimate of drug-likeness (QED) is 0.841. The summed E-state index contributed by atoms with van der Waals surface area (Å²) in [5.74, 6) is 0.122. The fourth-order valence-electron chi connectivity index (χ4n) is 2.11. The van der Waals surface area contributed by atoms with Crippen molar-refractivity contribution in [2.24, 2.45) is 7.05 Å². The maximum atomic E-state index is 12.1. The highest BCUT2D eigenvalue weighted by Crippen LogP contribution is 2.10. The largest absolute Gasteiger partial charge is 0.399 e. The lowest BCUT2D eigenvalue weighted by Gasteiger charge is -2.16. The molecule has 0 radical (unpaired) electrons. The molecule has 2 rings (SSSR count). The number of anilines is 1. The molecule has 0 saturated carbocycles. The van der Waals surface area contributed by atoms with Crippen molar-refractivity contribution in [3.8, 4) is 0 Å². The van der Waals surface area contributed by atoms with E-state index in [1.807, 2.05) is 44.6 Å². The summed E-state index contributed by atoms with van der Waals surface area (Å²) in [5, 5.41) is 4.10. The molecule has 0 atom stereocenters. The van der Waals surface area contributed by atoms with E-state index in [0.29, 0.717) is 19.4 Å². The molecule has 0 fully saturated rings. The maximum absolute atomic E-state index is 12.1. The Hall–Kier alpha value is -2.30. The van der Waals surface area contributed by atoms with Gasteiger partial charge in [0.15, 0.2) is 0 Å². The number of benzene rings is 1. The van der Waals surface area contributed by atoms with Gasteiger partial charge in [-0.2, -0.15) is 5.10 Å². The molecule has 1 aromatic carbocycles. The zero-order valence-corrected chi connectivity index (χ0v) is 11.9. The molecule has 0 spiro atoms. The zero-order valence-electron chi connectivity index (χ0n) is 11.9. The number of carbonyl (C=O) groups is 1. The summed E-state index contributed by atoms with van der Waals surface area (Å²) in [6.07, 6.45) is 4.89. The molecule has 0 saturated heterocycles. The number of rotatable bonds is 5. The van der Waals surface area contributed by atoms with Gasteiger partial charge in [0.05, 0.1) is 6.20 Å². The van der Waals surface area contributed by atoms with E-state index < -0.39 is 0 Å². The molecule has 0 aliphatic rings. The third-order valence-electron chi connectivity index (χ3n) is 3.18. The second kappa shape index (κ2) is 6.23. The van der Waals surface area contributed by atoms with Crippen LogP contribution in [0.3, 0.4) is 0 Å². The first-order chi connectivity index (χ1) is 9.54. The van der Waals surface area contributed by atoms with Gasteiger partial charge in [0.1, 0.15) is 0 Å². The van der Waals surface area contributed by atoms with Gasteiger partial charge in [0.25, 0.3) is 0 Å². The molecule has 20 heavy (non-hydrogen) atoms. The normalized spacial score (nSPS) is 10.5. The molecular formula is C15H20N4O. The van der Waals surface area contributed by atoms with Gasteiger partial charge in [-0.1, -0.05) is 12.1 Å². The van der Waals surface area contributed by atoms with Gasteiger partial charge in [-0.3, -0.25) is 9.48 Å². The van der Waals surface area contributed by atoms with E-state index in [-0.39, 0.29) is 5.91 Å². The highest BCUT2D eigenvalue weighted by Gasteiger charge is 2.10. The monoisotopic (exact) mass is 272 g/mol. The minimum Gasteiger partial charge on any atom is -0.399 e. The summed E-state index contributed by atoms with van der Waals surface area (Å²) in [7, 11) is 3.68. The van der Waals surface area contributed by atoms with Crippen LogP contribution < -0.4 is 5.73 Å². The predicted molar refractivity (Wildman–Crippen MR) is 78.9 cm³/mol. The molecule has 2 N–H and O–H groups in total. The molecule has 106 valence electrons. The number of nitrogen functional groups attached to an aromatic ring is 1. The van der Waals surface area contributed by atoms with Crippen molar-refractivity contribution in [3.05, 3.63) is 47.8 Å². The van der Waals surface area contributed by atoms with Gasteiger partial charge < -0.3 is 10.6 Å². The van der Waals surface area contributed by atoms with E-state index in [1.54, 1.807) is 15.8 Å². The number of nitrogens with zero attached hydrogens (tertiary/aromatic N) is 3. The van der Waals surface area contributed by atoms with Crippen LogP contribution in [0.25, 0.3) is 0 Å². The number of aromatic nitrogens is 2. The Labute approximate surface area is 119 Å². The molecule has 0 aliphatic carbocycles. The molecule has 5 heteroatoms. The van der Waals surface area contributed by atoms with Crippen LogP contribution in [-0.2, 0) is 24.8 Å². The van der Waals surface area contributed by atoms with Crippen molar-refractivity contribution in [1.29, 1.82) is 0 Å². The number of amides is 1.